The van der Waals surface area contributed by atoms with Crippen molar-refractivity contribution in [3.8, 4) is 5.75 Å². The molecule has 0 fully saturated rings. The number of rotatable bonds is 7. The second kappa shape index (κ2) is 8.51. The normalized spacial score (nSPS) is 11.4. The number of ether oxygens (including phenoxy) is 1. The van der Waals surface area contributed by atoms with Crippen LogP contribution in [-0.4, -0.2) is 37.8 Å². The number of sulfonamides is 1. The van der Waals surface area contributed by atoms with Crippen LogP contribution in [0, 0.1) is 0 Å². The van der Waals surface area contributed by atoms with E-state index in [1.807, 2.05) is 30.3 Å². The minimum atomic E-state index is -3.88. The monoisotopic (exact) mass is 417 g/mol. The van der Waals surface area contributed by atoms with Gasteiger partial charge in [0.15, 0.2) is 5.13 Å². The summed E-state index contributed by atoms with van der Waals surface area (Å²) in [7, 11) is -1.00. The number of hydrogen-bond acceptors (Lipinski definition) is 6. The van der Waals surface area contributed by atoms with Gasteiger partial charge in [0.05, 0.1) is 7.11 Å². The molecule has 1 N–H and O–H groups in total. The fourth-order valence-electron chi connectivity index (χ4n) is 2.57. The van der Waals surface area contributed by atoms with Crippen molar-refractivity contribution in [1.82, 2.24) is 9.29 Å². The molecule has 0 aliphatic heterocycles. The van der Waals surface area contributed by atoms with Gasteiger partial charge in [0.1, 0.15) is 10.6 Å². The van der Waals surface area contributed by atoms with E-state index < -0.39 is 15.9 Å². The van der Waals surface area contributed by atoms with Crippen LogP contribution in [0.5, 0.6) is 5.75 Å². The lowest BCUT2D eigenvalue weighted by Crippen LogP contribution is -2.27. The molecule has 1 amide bonds. The molecule has 1 aromatic heterocycles. The van der Waals surface area contributed by atoms with Crippen molar-refractivity contribution >= 4 is 32.4 Å². The number of methoxy groups -OCH3 is 1. The van der Waals surface area contributed by atoms with Crippen molar-refractivity contribution in [2.24, 2.45) is 0 Å². The number of thiazole rings is 1. The van der Waals surface area contributed by atoms with Crippen molar-refractivity contribution in [2.45, 2.75) is 11.4 Å². The predicted octanol–water partition coefficient (Wildman–Crippen LogP) is 3.22. The van der Waals surface area contributed by atoms with Gasteiger partial charge in [-0.2, -0.15) is 4.31 Å². The molecule has 0 aliphatic carbocycles. The summed E-state index contributed by atoms with van der Waals surface area (Å²) >= 11 is 1.28. The first-order chi connectivity index (χ1) is 13.4. The summed E-state index contributed by atoms with van der Waals surface area (Å²) in [5.74, 6) is -0.273. The minimum Gasteiger partial charge on any atom is -0.495 e. The zero-order valence-corrected chi connectivity index (χ0v) is 17.0. The third-order valence-electron chi connectivity index (χ3n) is 4.01. The van der Waals surface area contributed by atoms with Gasteiger partial charge in [0, 0.05) is 30.7 Å². The van der Waals surface area contributed by atoms with E-state index in [-0.39, 0.29) is 22.8 Å². The molecule has 1 heterocycles. The third kappa shape index (κ3) is 4.38. The van der Waals surface area contributed by atoms with Gasteiger partial charge in [-0.1, -0.05) is 30.3 Å². The van der Waals surface area contributed by atoms with Crippen LogP contribution in [0.2, 0.25) is 0 Å². The number of aromatic nitrogens is 1. The minimum absolute atomic E-state index is 0.0692. The smallest absolute Gasteiger partial charge is 0.257 e. The molecule has 146 valence electrons. The second-order valence-corrected chi connectivity index (χ2v) is 8.81. The highest BCUT2D eigenvalue weighted by atomic mass is 32.2. The zero-order valence-electron chi connectivity index (χ0n) is 15.3. The van der Waals surface area contributed by atoms with Crippen LogP contribution in [0.3, 0.4) is 0 Å². The molecule has 9 heteroatoms. The highest BCUT2D eigenvalue weighted by molar-refractivity contribution is 7.89. The first kappa shape index (κ1) is 20.0. The Kier molecular flexibility index (Phi) is 6.08. The van der Waals surface area contributed by atoms with Crippen molar-refractivity contribution in [2.75, 3.05) is 19.5 Å². The van der Waals surface area contributed by atoms with E-state index in [2.05, 4.69) is 10.3 Å². The number of anilines is 1. The number of nitrogens with one attached hydrogen (secondary N) is 1. The highest BCUT2D eigenvalue weighted by Gasteiger charge is 2.26. The molecule has 0 saturated heterocycles. The molecule has 3 rings (SSSR count). The maximum absolute atomic E-state index is 13.1. The quantitative estimate of drug-likeness (QED) is 0.638. The van der Waals surface area contributed by atoms with Crippen LogP contribution < -0.4 is 10.1 Å². The summed E-state index contributed by atoms with van der Waals surface area (Å²) in [5, 5.41) is 4.81. The van der Waals surface area contributed by atoms with Gasteiger partial charge in [-0.3, -0.25) is 10.1 Å². The molecule has 0 spiro atoms. The second-order valence-electron chi connectivity index (χ2n) is 5.90. The molecular weight excluding hydrogens is 398 g/mol. The molecule has 0 atom stereocenters. The van der Waals surface area contributed by atoms with E-state index in [4.69, 9.17) is 4.74 Å². The van der Waals surface area contributed by atoms with Crippen LogP contribution in [0.4, 0.5) is 5.13 Å². The maximum atomic E-state index is 13.1. The van der Waals surface area contributed by atoms with Crippen LogP contribution in [0.1, 0.15) is 15.9 Å². The standard InChI is InChI=1S/C19H19N3O4S2/c1-22(13-14-6-4-3-5-7-14)28(24,25)17-12-15(8-9-16(17)26-2)18(23)21-19-20-10-11-27-19/h3-12H,13H2,1-2H3,(H,20,21,23). The fraction of sp³-hybridized carbons (Fsp3) is 0.158. The van der Waals surface area contributed by atoms with Gasteiger partial charge in [-0.25, -0.2) is 13.4 Å². The Hall–Kier alpha value is -2.75. The average molecular weight is 418 g/mol. The van der Waals surface area contributed by atoms with E-state index in [1.54, 1.807) is 11.6 Å². The van der Waals surface area contributed by atoms with Gasteiger partial charge < -0.3 is 4.74 Å². The lowest BCUT2D eigenvalue weighted by atomic mass is 10.2. The van der Waals surface area contributed by atoms with Crippen LogP contribution in [-0.2, 0) is 16.6 Å². The summed E-state index contributed by atoms with van der Waals surface area (Å²) in [4.78, 5) is 16.4. The van der Waals surface area contributed by atoms with Crippen LogP contribution in [0.25, 0.3) is 0 Å². The van der Waals surface area contributed by atoms with Gasteiger partial charge in [0.25, 0.3) is 5.91 Å². The number of hydrogen-bond donors (Lipinski definition) is 1. The van der Waals surface area contributed by atoms with Crippen LogP contribution in [0.15, 0.2) is 65.0 Å². The number of carbonyl (C=O) groups excluding carboxylic acids is 1. The molecule has 28 heavy (non-hydrogen) atoms. The van der Waals surface area contributed by atoms with Gasteiger partial charge in [-0.15, -0.1) is 11.3 Å². The Morgan fingerprint density at radius 3 is 2.61 bits per heavy atom. The summed E-state index contributed by atoms with van der Waals surface area (Å²) in [5.41, 5.74) is 1.05. The van der Waals surface area contributed by atoms with E-state index in [0.717, 1.165) is 5.56 Å². The molecule has 2 aromatic carbocycles. The SMILES string of the molecule is COc1ccc(C(=O)Nc2nccs2)cc1S(=O)(=O)N(C)Cc1ccccc1. The lowest BCUT2D eigenvalue weighted by Gasteiger charge is -2.19. The Balaban J connectivity index is 1.91. The van der Waals surface area contributed by atoms with Crippen molar-refractivity contribution < 1.29 is 17.9 Å². The van der Waals surface area contributed by atoms with Crippen LogP contribution >= 0.6 is 11.3 Å². The topological polar surface area (TPSA) is 88.6 Å². The number of benzene rings is 2. The van der Waals surface area contributed by atoms with E-state index in [1.165, 1.54) is 48.0 Å². The molecular formula is C19H19N3O4S2. The van der Waals surface area contributed by atoms with Crippen molar-refractivity contribution in [1.29, 1.82) is 0 Å². The zero-order chi connectivity index (χ0) is 20.1. The Morgan fingerprint density at radius 2 is 1.96 bits per heavy atom. The van der Waals surface area contributed by atoms with E-state index in [0.29, 0.717) is 5.13 Å². The maximum Gasteiger partial charge on any atom is 0.257 e. The van der Waals surface area contributed by atoms with Crippen molar-refractivity contribution in [3.63, 3.8) is 0 Å². The molecule has 0 unspecified atom stereocenters. The Morgan fingerprint density at radius 1 is 1.21 bits per heavy atom. The highest BCUT2D eigenvalue weighted by Crippen LogP contribution is 2.28. The molecule has 0 aliphatic rings. The molecule has 0 radical (unpaired) electrons. The summed E-state index contributed by atoms with van der Waals surface area (Å²) < 4.78 is 32.7. The van der Waals surface area contributed by atoms with E-state index in [9.17, 15) is 13.2 Å². The number of amides is 1. The Bertz CT molecular complexity index is 1050. The Labute approximate surface area is 167 Å². The third-order valence-corrected chi connectivity index (χ3v) is 6.53. The number of nitrogens with zero attached hydrogens (tertiary/aromatic N) is 2. The largest absolute Gasteiger partial charge is 0.495 e. The first-order valence-electron chi connectivity index (χ1n) is 8.31. The predicted molar refractivity (Wildman–Crippen MR) is 108 cm³/mol. The van der Waals surface area contributed by atoms with Gasteiger partial charge in [-0.05, 0) is 23.8 Å². The van der Waals surface area contributed by atoms with E-state index >= 15 is 0 Å². The first-order valence-corrected chi connectivity index (χ1v) is 10.6. The van der Waals surface area contributed by atoms with Gasteiger partial charge in [0.2, 0.25) is 10.0 Å². The fourth-order valence-corrected chi connectivity index (χ4v) is 4.43. The lowest BCUT2D eigenvalue weighted by molar-refractivity contribution is 0.102. The van der Waals surface area contributed by atoms with Crippen molar-refractivity contribution in [3.05, 3.63) is 71.2 Å². The molecule has 3 aromatic rings. The molecule has 0 saturated carbocycles. The molecule has 7 nitrogen and oxygen atoms in total. The number of carbonyl (C=O) groups is 1. The average Bonchev–Trinajstić information content (AvgIpc) is 3.21. The summed E-state index contributed by atoms with van der Waals surface area (Å²) in [6.07, 6.45) is 1.57. The van der Waals surface area contributed by atoms with Gasteiger partial charge >= 0.3 is 0 Å². The molecule has 0 bridgehead atoms. The summed E-state index contributed by atoms with van der Waals surface area (Å²) in [6.45, 7) is 0.196. The summed E-state index contributed by atoms with van der Waals surface area (Å²) in [6, 6.07) is 13.6.